The molecule has 8 heteroatoms. The Morgan fingerprint density at radius 3 is 2.80 bits per heavy atom. The predicted molar refractivity (Wildman–Crippen MR) is 71.3 cm³/mol. The van der Waals surface area contributed by atoms with Crippen molar-refractivity contribution in [3.63, 3.8) is 0 Å². The van der Waals surface area contributed by atoms with Gasteiger partial charge in [-0.05, 0) is 18.2 Å². The number of nitrogens with two attached hydrogens (primary N) is 1. The van der Waals surface area contributed by atoms with Crippen molar-refractivity contribution in [2.75, 3.05) is 25.4 Å². The van der Waals surface area contributed by atoms with Gasteiger partial charge in [0.15, 0.2) is 6.61 Å². The quantitative estimate of drug-likeness (QED) is 0.629. The van der Waals surface area contributed by atoms with Crippen LogP contribution in [-0.4, -0.2) is 42.5 Å². The fraction of sp³-hybridized carbons (Fsp3) is 0.250. The first-order chi connectivity index (χ1) is 9.49. The van der Waals surface area contributed by atoms with E-state index in [1.165, 1.54) is 18.2 Å². The summed E-state index contributed by atoms with van der Waals surface area (Å²) in [6, 6.07) is 3.77. The van der Waals surface area contributed by atoms with Crippen LogP contribution in [-0.2, 0) is 9.53 Å². The third kappa shape index (κ3) is 3.00. The molecular formula is C12H12ClN3O4. The van der Waals surface area contributed by atoms with Crippen molar-refractivity contribution < 1.29 is 19.1 Å². The summed E-state index contributed by atoms with van der Waals surface area (Å²) in [5, 5.41) is 2.80. The van der Waals surface area contributed by atoms with Gasteiger partial charge in [-0.2, -0.15) is 0 Å². The van der Waals surface area contributed by atoms with E-state index in [1.54, 1.807) is 0 Å². The number of carbonyl (C=O) groups excluding carboxylic acids is 3. The highest BCUT2D eigenvalue weighted by Gasteiger charge is 2.26. The van der Waals surface area contributed by atoms with E-state index in [0.29, 0.717) is 11.6 Å². The van der Waals surface area contributed by atoms with Crippen LogP contribution in [0.3, 0.4) is 0 Å². The SMILES string of the molecule is Nc1cc(C(=O)OCC(=O)N2CCNC2=O)ccc1Cl. The van der Waals surface area contributed by atoms with Crippen molar-refractivity contribution >= 4 is 35.2 Å². The standard InChI is InChI=1S/C12H12ClN3O4/c13-8-2-1-7(5-9(8)14)11(18)20-6-10(17)16-4-3-15-12(16)19/h1-2,5H,3-4,6,14H2,(H,15,19). The number of hydrogen-bond donors (Lipinski definition) is 2. The molecule has 3 amide bonds. The molecule has 1 aliphatic heterocycles. The third-order valence-corrected chi connectivity index (χ3v) is 3.06. The molecule has 1 fully saturated rings. The summed E-state index contributed by atoms with van der Waals surface area (Å²) in [6.45, 7) is 0.157. The fourth-order valence-corrected chi connectivity index (χ4v) is 1.79. The predicted octanol–water partition coefficient (Wildman–Crippen LogP) is 0.631. The van der Waals surface area contributed by atoms with Crippen LogP contribution < -0.4 is 11.1 Å². The average Bonchev–Trinajstić information content (AvgIpc) is 2.85. The Hall–Kier alpha value is -2.28. The summed E-state index contributed by atoms with van der Waals surface area (Å²) in [5.74, 6) is -1.28. The molecule has 1 aromatic carbocycles. The van der Waals surface area contributed by atoms with Crippen molar-refractivity contribution in [1.82, 2.24) is 10.2 Å². The van der Waals surface area contributed by atoms with Gasteiger partial charge in [0.25, 0.3) is 5.91 Å². The van der Waals surface area contributed by atoms with Crippen LogP contribution >= 0.6 is 11.6 Å². The molecule has 106 valence electrons. The van der Waals surface area contributed by atoms with Gasteiger partial charge in [-0.3, -0.25) is 9.69 Å². The Morgan fingerprint density at radius 2 is 2.20 bits per heavy atom. The maximum Gasteiger partial charge on any atom is 0.338 e. The second-order valence-corrected chi connectivity index (χ2v) is 4.50. The van der Waals surface area contributed by atoms with Crippen LogP contribution in [0.4, 0.5) is 10.5 Å². The lowest BCUT2D eigenvalue weighted by atomic mass is 10.2. The number of nitrogens with one attached hydrogen (secondary N) is 1. The number of nitrogens with zero attached hydrogens (tertiary/aromatic N) is 1. The van der Waals surface area contributed by atoms with Crippen molar-refractivity contribution in [1.29, 1.82) is 0 Å². The van der Waals surface area contributed by atoms with Crippen molar-refractivity contribution in [2.45, 2.75) is 0 Å². The molecule has 1 saturated heterocycles. The van der Waals surface area contributed by atoms with Gasteiger partial charge in [0.1, 0.15) is 0 Å². The number of urea groups is 1. The van der Waals surface area contributed by atoms with E-state index in [1.807, 2.05) is 0 Å². The zero-order chi connectivity index (χ0) is 14.7. The molecule has 0 aliphatic carbocycles. The Balaban J connectivity index is 1.93. The number of anilines is 1. The number of imide groups is 1. The summed E-state index contributed by atoms with van der Waals surface area (Å²) >= 11 is 5.73. The van der Waals surface area contributed by atoms with Crippen LogP contribution in [0, 0.1) is 0 Å². The van der Waals surface area contributed by atoms with Crippen LogP contribution in [0.25, 0.3) is 0 Å². The second-order valence-electron chi connectivity index (χ2n) is 4.09. The first-order valence-electron chi connectivity index (χ1n) is 5.79. The zero-order valence-electron chi connectivity index (χ0n) is 10.4. The normalized spacial score (nSPS) is 14.1. The van der Waals surface area contributed by atoms with E-state index >= 15 is 0 Å². The molecule has 1 aromatic rings. The smallest absolute Gasteiger partial charge is 0.338 e. The maximum atomic E-state index is 11.7. The number of ether oxygens (including phenoxy) is 1. The molecule has 2 rings (SSSR count). The van der Waals surface area contributed by atoms with Crippen LogP contribution in [0.1, 0.15) is 10.4 Å². The molecule has 0 saturated carbocycles. The second kappa shape index (κ2) is 5.79. The van der Waals surface area contributed by atoms with Crippen molar-refractivity contribution in [3.05, 3.63) is 28.8 Å². The molecule has 1 heterocycles. The first kappa shape index (κ1) is 14.1. The number of benzene rings is 1. The molecule has 7 nitrogen and oxygen atoms in total. The van der Waals surface area contributed by atoms with Gasteiger partial charge in [0.2, 0.25) is 0 Å². The van der Waals surface area contributed by atoms with Gasteiger partial charge in [0, 0.05) is 13.1 Å². The summed E-state index contributed by atoms with van der Waals surface area (Å²) < 4.78 is 4.84. The number of rotatable bonds is 3. The lowest BCUT2D eigenvalue weighted by Gasteiger charge is -2.12. The molecule has 0 aromatic heterocycles. The summed E-state index contributed by atoms with van der Waals surface area (Å²) in [5.41, 5.74) is 5.99. The largest absolute Gasteiger partial charge is 0.452 e. The van der Waals surface area contributed by atoms with Gasteiger partial charge < -0.3 is 15.8 Å². The van der Waals surface area contributed by atoms with E-state index < -0.39 is 24.5 Å². The van der Waals surface area contributed by atoms with E-state index in [2.05, 4.69) is 5.32 Å². The molecule has 0 bridgehead atoms. The number of carbonyl (C=O) groups is 3. The summed E-state index contributed by atoms with van der Waals surface area (Å²) in [4.78, 5) is 35.6. The summed E-state index contributed by atoms with van der Waals surface area (Å²) in [7, 11) is 0. The molecular weight excluding hydrogens is 286 g/mol. The Labute approximate surface area is 119 Å². The highest BCUT2D eigenvalue weighted by Crippen LogP contribution is 2.19. The molecule has 0 spiro atoms. The zero-order valence-corrected chi connectivity index (χ0v) is 11.1. The van der Waals surface area contributed by atoms with Gasteiger partial charge in [-0.25, -0.2) is 9.59 Å². The topological polar surface area (TPSA) is 102 Å². The Morgan fingerprint density at radius 1 is 1.45 bits per heavy atom. The minimum Gasteiger partial charge on any atom is -0.452 e. The summed E-state index contributed by atoms with van der Waals surface area (Å²) in [6.07, 6.45) is 0. The van der Waals surface area contributed by atoms with Gasteiger partial charge >= 0.3 is 12.0 Å². The third-order valence-electron chi connectivity index (χ3n) is 2.72. The number of hydrogen-bond acceptors (Lipinski definition) is 5. The lowest BCUT2D eigenvalue weighted by Crippen LogP contribution is -2.37. The maximum absolute atomic E-state index is 11.7. The van der Waals surface area contributed by atoms with E-state index in [0.717, 1.165) is 4.90 Å². The van der Waals surface area contributed by atoms with E-state index in [4.69, 9.17) is 22.1 Å². The number of halogens is 1. The highest BCUT2D eigenvalue weighted by molar-refractivity contribution is 6.33. The minimum absolute atomic E-state index is 0.186. The fourth-order valence-electron chi connectivity index (χ4n) is 1.67. The van der Waals surface area contributed by atoms with Crippen LogP contribution in [0.15, 0.2) is 18.2 Å². The molecule has 0 atom stereocenters. The average molecular weight is 298 g/mol. The molecule has 1 aliphatic rings. The molecule has 0 radical (unpaired) electrons. The van der Waals surface area contributed by atoms with Gasteiger partial charge in [-0.1, -0.05) is 11.6 Å². The highest BCUT2D eigenvalue weighted by atomic mass is 35.5. The first-order valence-corrected chi connectivity index (χ1v) is 6.17. The number of nitrogen functional groups attached to an aromatic ring is 1. The van der Waals surface area contributed by atoms with Crippen molar-refractivity contribution in [3.8, 4) is 0 Å². The van der Waals surface area contributed by atoms with Crippen molar-refractivity contribution in [2.24, 2.45) is 0 Å². The molecule has 3 N–H and O–H groups in total. The number of esters is 1. The van der Waals surface area contributed by atoms with Crippen LogP contribution in [0.5, 0.6) is 0 Å². The lowest BCUT2D eigenvalue weighted by molar-refractivity contribution is -0.130. The molecule has 20 heavy (non-hydrogen) atoms. The molecule has 0 unspecified atom stereocenters. The number of amides is 3. The van der Waals surface area contributed by atoms with Gasteiger partial charge in [0.05, 0.1) is 16.3 Å². The van der Waals surface area contributed by atoms with Gasteiger partial charge in [-0.15, -0.1) is 0 Å². The van der Waals surface area contributed by atoms with Crippen LogP contribution in [0.2, 0.25) is 5.02 Å². The van der Waals surface area contributed by atoms with E-state index in [9.17, 15) is 14.4 Å². The Bertz CT molecular complexity index is 576. The Kier molecular flexibility index (Phi) is 4.09. The minimum atomic E-state index is -0.707. The van der Waals surface area contributed by atoms with E-state index in [-0.39, 0.29) is 17.8 Å². The monoisotopic (exact) mass is 297 g/mol.